The molecule has 0 spiro atoms. The largest absolute Gasteiger partial charge is 0.379 e. The van der Waals surface area contributed by atoms with E-state index in [9.17, 15) is 13.2 Å². The third-order valence-electron chi connectivity index (χ3n) is 4.28. The summed E-state index contributed by atoms with van der Waals surface area (Å²) in [4.78, 5) is 18.9. The van der Waals surface area contributed by atoms with Crippen molar-refractivity contribution in [2.75, 3.05) is 57.9 Å². The minimum Gasteiger partial charge on any atom is -0.379 e. The molecule has 1 aliphatic rings. The normalized spacial score (nSPS) is 15.8. The lowest BCUT2D eigenvalue weighted by atomic mass is 10.4. The maximum Gasteiger partial charge on any atom is 0.274 e. The number of carbonyl (C=O) groups is 1. The first-order chi connectivity index (χ1) is 11.9. The number of amides is 1. The summed E-state index contributed by atoms with van der Waals surface area (Å²) >= 11 is 0. The van der Waals surface area contributed by atoms with Crippen molar-refractivity contribution in [3.63, 3.8) is 0 Å². The van der Waals surface area contributed by atoms with Crippen LogP contribution in [0.15, 0.2) is 23.2 Å². The van der Waals surface area contributed by atoms with Crippen LogP contribution in [0.3, 0.4) is 0 Å². The van der Waals surface area contributed by atoms with Crippen molar-refractivity contribution >= 4 is 21.7 Å². The van der Waals surface area contributed by atoms with E-state index in [1.807, 2.05) is 13.8 Å². The van der Waals surface area contributed by atoms with Crippen molar-refractivity contribution in [3.8, 4) is 0 Å². The lowest BCUT2D eigenvalue weighted by Gasteiger charge is -2.25. The first-order valence-electron chi connectivity index (χ1n) is 8.48. The first kappa shape index (κ1) is 19.6. The van der Waals surface area contributed by atoms with Crippen LogP contribution in [-0.2, 0) is 19.6 Å². The molecule has 25 heavy (non-hydrogen) atoms. The smallest absolute Gasteiger partial charge is 0.274 e. The zero-order chi connectivity index (χ0) is 18.4. The molecule has 1 aliphatic heterocycles. The number of ether oxygens (including phenoxy) is 1. The van der Waals surface area contributed by atoms with E-state index < -0.39 is 10.0 Å². The van der Waals surface area contributed by atoms with Crippen LogP contribution in [-0.4, -0.2) is 76.5 Å². The Kier molecular flexibility index (Phi) is 6.74. The Bertz CT molecular complexity index is 668. The van der Waals surface area contributed by atoms with Gasteiger partial charge in [0.2, 0.25) is 10.0 Å². The maximum atomic E-state index is 12.6. The molecular formula is C16H27N4O4S+. The Hall–Kier alpha value is -1.71. The summed E-state index contributed by atoms with van der Waals surface area (Å²) in [7, 11) is -1.73. The van der Waals surface area contributed by atoms with Crippen LogP contribution in [0.5, 0.6) is 0 Å². The number of pyridine rings is 1. The van der Waals surface area contributed by atoms with Gasteiger partial charge < -0.3 is 9.64 Å². The van der Waals surface area contributed by atoms with Crippen LogP contribution in [0.25, 0.3) is 0 Å². The van der Waals surface area contributed by atoms with Crippen LogP contribution in [0.2, 0.25) is 0 Å². The van der Waals surface area contributed by atoms with Crippen molar-refractivity contribution in [2.45, 2.75) is 18.7 Å². The van der Waals surface area contributed by atoms with Crippen LogP contribution < -0.4 is 9.88 Å². The SMILES string of the molecule is CCN(CC)C(=O)CN(C)c1ccc(S(=O)(=O)N2CCOCC2)c[nH+]1. The number of H-pyrrole nitrogens is 1. The standard InChI is InChI=1S/C16H26N4O4S/c1-4-19(5-2)16(21)13-18(3)15-7-6-14(12-17-15)25(22,23)20-8-10-24-11-9-20/h6-7,12H,4-5,8-11,13H2,1-3H3/p+1. The van der Waals surface area contributed by atoms with Gasteiger partial charge in [0.05, 0.1) is 20.3 Å². The van der Waals surface area contributed by atoms with Crippen molar-refractivity contribution in [3.05, 3.63) is 18.3 Å². The quantitative estimate of drug-likeness (QED) is 0.664. The molecule has 1 fully saturated rings. The number of nitrogens with zero attached hydrogens (tertiary/aromatic N) is 3. The Morgan fingerprint density at radius 1 is 1.24 bits per heavy atom. The summed E-state index contributed by atoms with van der Waals surface area (Å²) in [5, 5.41) is 0. The van der Waals surface area contributed by atoms with Gasteiger partial charge in [0, 0.05) is 32.2 Å². The van der Waals surface area contributed by atoms with Gasteiger partial charge in [0.25, 0.3) is 11.7 Å². The van der Waals surface area contributed by atoms with E-state index in [1.54, 1.807) is 29.0 Å². The second-order valence-electron chi connectivity index (χ2n) is 5.85. The van der Waals surface area contributed by atoms with Gasteiger partial charge in [-0.2, -0.15) is 4.31 Å². The number of likely N-dealkylation sites (N-methyl/N-ethyl adjacent to an activating group) is 2. The number of anilines is 1. The number of rotatable bonds is 7. The highest BCUT2D eigenvalue weighted by Gasteiger charge is 2.28. The van der Waals surface area contributed by atoms with Crippen LogP contribution >= 0.6 is 0 Å². The number of aromatic amines is 1. The summed E-state index contributed by atoms with van der Waals surface area (Å²) < 4.78 is 31.8. The van der Waals surface area contributed by atoms with E-state index in [0.717, 1.165) is 0 Å². The highest BCUT2D eigenvalue weighted by Crippen LogP contribution is 2.17. The third kappa shape index (κ3) is 4.68. The molecule has 1 aromatic rings. The second kappa shape index (κ2) is 8.59. The minimum atomic E-state index is -3.52. The molecule has 2 heterocycles. The summed E-state index contributed by atoms with van der Waals surface area (Å²) in [5.74, 6) is 0.715. The van der Waals surface area contributed by atoms with E-state index >= 15 is 0 Å². The Labute approximate surface area is 149 Å². The number of morpholine rings is 1. The van der Waals surface area contributed by atoms with E-state index in [0.29, 0.717) is 45.2 Å². The average Bonchev–Trinajstić information content (AvgIpc) is 2.63. The van der Waals surface area contributed by atoms with Gasteiger partial charge in [-0.3, -0.25) is 9.69 Å². The molecule has 1 saturated heterocycles. The number of aromatic nitrogens is 1. The fourth-order valence-electron chi connectivity index (χ4n) is 2.70. The van der Waals surface area contributed by atoms with Gasteiger partial charge in [-0.05, 0) is 19.9 Å². The van der Waals surface area contributed by atoms with Crippen molar-refractivity contribution in [1.82, 2.24) is 9.21 Å². The van der Waals surface area contributed by atoms with E-state index in [2.05, 4.69) is 4.98 Å². The summed E-state index contributed by atoms with van der Waals surface area (Å²) in [6, 6.07) is 3.25. The first-order valence-corrected chi connectivity index (χ1v) is 9.92. The molecule has 0 unspecified atom stereocenters. The summed E-state index contributed by atoms with van der Waals surface area (Å²) in [6.07, 6.45) is 1.47. The van der Waals surface area contributed by atoms with Crippen molar-refractivity contribution < 1.29 is 22.9 Å². The minimum absolute atomic E-state index is 0.0333. The number of carbonyl (C=O) groups excluding carboxylic acids is 1. The van der Waals surface area contributed by atoms with Gasteiger partial charge in [-0.15, -0.1) is 0 Å². The van der Waals surface area contributed by atoms with Gasteiger partial charge in [-0.1, -0.05) is 0 Å². The van der Waals surface area contributed by atoms with Gasteiger partial charge in [0.15, 0.2) is 6.54 Å². The molecule has 1 N–H and O–H groups in total. The van der Waals surface area contributed by atoms with E-state index in [4.69, 9.17) is 4.74 Å². The highest BCUT2D eigenvalue weighted by atomic mass is 32.2. The maximum absolute atomic E-state index is 12.6. The Morgan fingerprint density at radius 3 is 2.40 bits per heavy atom. The number of nitrogens with one attached hydrogen (secondary N) is 1. The molecule has 9 heteroatoms. The third-order valence-corrected chi connectivity index (χ3v) is 6.17. The fraction of sp³-hybridized carbons (Fsp3) is 0.625. The average molecular weight is 371 g/mol. The van der Waals surface area contributed by atoms with E-state index in [-0.39, 0.29) is 17.3 Å². The zero-order valence-corrected chi connectivity index (χ0v) is 15.9. The highest BCUT2D eigenvalue weighted by molar-refractivity contribution is 7.89. The molecule has 1 aromatic heterocycles. The molecule has 0 aliphatic carbocycles. The zero-order valence-electron chi connectivity index (χ0n) is 15.1. The molecular weight excluding hydrogens is 344 g/mol. The number of hydrogen-bond donors (Lipinski definition) is 0. The summed E-state index contributed by atoms with van der Waals surface area (Å²) in [6.45, 7) is 7.01. The molecule has 0 atom stereocenters. The molecule has 0 bridgehead atoms. The predicted molar refractivity (Wildman–Crippen MR) is 93.8 cm³/mol. The van der Waals surface area contributed by atoms with Gasteiger partial charge in [0.1, 0.15) is 11.1 Å². The number of sulfonamides is 1. The lowest BCUT2D eigenvalue weighted by molar-refractivity contribution is -0.366. The molecule has 8 nitrogen and oxygen atoms in total. The number of hydrogen-bond acceptors (Lipinski definition) is 5. The van der Waals surface area contributed by atoms with Gasteiger partial charge >= 0.3 is 0 Å². The molecule has 0 saturated carbocycles. The van der Waals surface area contributed by atoms with Crippen LogP contribution in [0.4, 0.5) is 5.82 Å². The predicted octanol–water partition coefficient (Wildman–Crippen LogP) is -0.174. The summed E-state index contributed by atoms with van der Waals surface area (Å²) in [5.41, 5.74) is 0. The van der Waals surface area contributed by atoms with Crippen LogP contribution in [0, 0.1) is 0 Å². The Balaban J connectivity index is 2.07. The van der Waals surface area contributed by atoms with E-state index in [1.165, 1.54) is 10.5 Å². The molecule has 140 valence electrons. The monoisotopic (exact) mass is 371 g/mol. The molecule has 2 rings (SSSR count). The molecule has 1 amide bonds. The molecule has 0 radical (unpaired) electrons. The van der Waals surface area contributed by atoms with Crippen molar-refractivity contribution in [2.24, 2.45) is 0 Å². The van der Waals surface area contributed by atoms with Crippen LogP contribution in [0.1, 0.15) is 13.8 Å². The Morgan fingerprint density at radius 2 is 1.88 bits per heavy atom. The fourth-order valence-corrected chi connectivity index (χ4v) is 4.08. The molecule has 0 aromatic carbocycles. The second-order valence-corrected chi connectivity index (χ2v) is 7.79. The van der Waals surface area contributed by atoms with Gasteiger partial charge in [-0.25, -0.2) is 13.4 Å². The topological polar surface area (TPSA) is 84.3 Å². The van der Waals surface area contributed by atoms with Crippen molar-refractivity contribution in [1.29, 1.82) is 0 Å². The lowest BCUT2D eigenvalue weighted by Crippen LogP contribution is -2.41.